The smallest absolute Gasteiger partial charge is 0.254 e. The Balaban J connectivity index is 1.85. The molecule has 0 atom stereocenters. The fraction of sp³-hybridized carbons (Fsp3) is 0.188. The van der Waals surface area contributed by atoms with Gasteiger partial charge in [0.15, 0.2) is 0 Å². The standard InChI is InChI=1S/C16H16N2O/c17-9-12-5-1-2-6-13(12)10-18-11-14-7-3-4-8-15(14)16(18)19/h1-8H,9-11,17H2. The van der Waals surface area contributed by atoms with E-state index in [-0.39, 0.29) is 5.91 Å². The zero-order valence-electron chi connectivity index (χ0n) is 10.7. The van der Waals surface area contributed by atoms with Crippen molar-refractivity contribution < 1.29 is 4.79 Å². The van der Waals surface area contributed by atoms with Gasteiger partial charge in [-0.25, -0.2) is 0 Å². The number of carbonyl (C=O) groups is 1. The predicted octanol–water partition coefficient (Wildman–Crippen LogP) is 2.30. The molecule has 2 N–H and O–H groups in total. The van der Waals surface area contributed by atoms with E-state index in [9.17, 15) is 4.79 Å². The summed E-state index contributed by atoms with van der Waals surface area (Å²) in [7, 11) is 0. The summed E-state index contributed by atoms with van der Waals surface area (Å²) in [5.74, 6) is 0.113. The first-order valence-electron chi connectivity index (χ1n) is 6.43. The molecule has 2 aromatic carbocycles. The summed E-state index contributed by atoms with van der Waals surface area (Å²) >= 11 is 0. The summed E-state index contributed by atoms with van der Waals surface area (Å²) in [6.07, 6.45) is 0. The highest BCUT2D eigenvalue weighted by molar-refractivity contribution is 5.98. The van der Waals surface area contributed by atoms with Gasteiger partial charge in [0, 0.05) is 25.2 Å². The third kappa shape index (κ3) is 2.13. The molecule has 1 aliphatic rings. The highest BCUT2D eigenvalue weighted by atomic mass is 16.2. The van der Waals surface area contributed by atoms with Crippen LogP contribution in [0.2, 0.25) is 0 Å². The Morgan fingerprint density at radius 2 is 1.68 bits per heavy atom. The van der Waals surface area contributed by atoms with Gasteiger partial charge in [-0.2, -0.15) is 0 Å². The largest absolute Gasteiger partial charge is 0.330 e. The molecule has 1 aliphatic heterocycles. The Hall–Kier alpha value is -2.13. The molecule has 0 unspecified atom stereocenters. The number of benzene rings is 2. The van der Waals surface area contributed by atoms with Crippen molar-refractivity contribution in [2.75, 3.05) is 0 Å². The van der Waals surface area contributed by atoms with Crippen molar-refractivity contribution in [3.8, 4) is 0 Å². The van der Waals surface area contributed by atoms with E-state index in [4.69, 9.17) is 5.73 Å². The summed E-state index contributed by atoms with van der Waals surface area (Å²) in [4.78, 5) is 14.2. The van der Waals surface area contributed by atoms with E-state index in [0.717, 1.165) is 22.3 Å². The number of amides is 1. The number of hydrogen-bond donors (Lipinski definition) is 1. The minimum Gasteiger partial charge on any atom is -0.330 e. The average Bonchev–Trinajstić information content (AvgIpc) is 2.77. The Morgan fingerprint density at radius 1 is 1.00 bits per heavy atom. The van der Waals surface area contributed by atoms with Crippen molar-refractivity contribution in [2.24, 2.45) is 5.73 Å². The van der Waals surface area contributed by atoms with Gasteiger partial charge in [-0.15, -0.1) is 0 Å². The molecule has 1 amide bonds. The zero-order valence-corrected chi connectivity index (χ0v) is 10.7. The van der Waals surface area contributed by atoms with E-state index in [2.05, 4.69) is 0 Å². The molecule has 96 valence electrons. The molecule has 0 saturated heterocycles. The normalized spacial score (nSPS) is 13.7. The second-order valence-electron chi connectivity index (χ2n) is 4.79. The molecule has 3 nitrogen and oxygen atoms in total. The first-order chi connectivity index (χ1) is 9.29. The van der Waals surface area contributed by atoms with Crippen LogP contribution in [0.4, 0.5) is 0 Å². The molecule has 0 radical (unpaired) electrons. The first-order valence-corrected chi connectivity index (χ1v) is 6.43. The van der Waals surface area contributed by atoms with Crippen LogP contribution < -0.4 is 5.73 Å². The fourth-order valence-electron chi connectivity index (χ4n) is 2.56. The Morgan fingerprint density at radius 3 is 2.42 bits per heavy atom. The second kappa shape index (κ2) is 4.86. The maximum Gasteiger partial charge on any atom is 0.254 e. The highest BCUT2D eigenvalue weighted by Gasteiger charge is 2.26. The molecule has 1 heterocycles. The van der Waals surface area contributed by atoms with E-state index in [1.54, 1.807) is 0 Å². The molecule has 2 aromatic rings. The van der Waals surface area contributed by atoms with Crippen LogP contribution in [0.25, 0.3) is 0 Å². The molecule has 0 bridgehead atoms. The van der Waals surface area contributed by atoms with Crippen LogP contribution in [0.1, 0.15) is 27.0 Å². The van der Waals surface area contributed by atoms with Gasteiger partial charge in [0.05, 0.1) is 0 Å². The quantitative estimate of drug-likeness (QED) is 0.911. The Labute approximate surface area is 112 Å². The summed E-state index contributed by atoms with van der Waals surface area (Å²) in [5.41, 5.74) is 9.91. The lowest BCUT2D eigenvalue weighted by atomic mass is 10.1. The molecule has 0 spiro atoms. The Bertz CT molecular complexity index is 622. The van der Waals surface area contributed by atoms with Crippen LogP contribution in [0, 0.1) is 0 Å². The molecule has 0 aromatic heterocycles. The lowest BCUT2D eigenvalue weighted by Crippen LogP contribution is -2.24. The summed E-state index contributed by atoms with van der Waals surface area (Å²) < 4.78 is 0. The summed E-state index contributed by atoms with van der Waals surface area (Å²) in [6, 6.07) is 15.8. The van der Waals surface area contributed by atoms with Crippen molar-refractivity contribution in [2.45, 2.75) is 19.6 Å². The molecular formula is C16H16N2O. The van der Waals surface area contributed by atoms with Crippen LogP contribution in [0.3, 0.4) is 0 Å². The van der Waals surface area contributed by atoms with Crippen LogP contribution in [0.15, 0.2) is 48.5 Å². The van der Waals surface area contributed by atoms with Gasteiger partial charge in [-0.05, 0) is 22.8 Å². The fourth-order valence-corrected chi connectivity index (χ4v) is 2.56. The van der Waals surface area contributed by atoms with Gasteiger partial charge in [-0.3, -0.25) is 4.79 Å². The van der Waals surface area contributed by atoms with Crippen LogP contribution in [-0.4, -0.2) is 10.8 Å². The lowest BCUT2D eigenvalue weighted by Gasteiger charge is -2.17. The van der Waals surface area contributed by atoms with Crippen LogP contribution in [-0.2, 0) is 19.6 Å². The monoisotopic (exact) mass is 252 g/mol. The number of hydrogen-bond acceptors (Lipinski definition) is 2. The number of nitrogens with zero attached hydrogens (tertiary/aromatic N) is 1. The van der Waals surface area contributed by atoms with Crippen molar-refractivity contribution in [3.05, 3.63) is 70.8 Å². The average molecular weight is 252 g/mol. The molecule has 3 heteroatoms. The van der Waals surface area contributed by atoms with Gasteiger partial charge in [0.1, 0.15) is 0 Å². The van der Waals surface area contributed by atoms with Crippen molar-refractivity contribution in [1.82, 2.24) is 4.90 Å². The van der Waals surface area contributed by atoms with Gasteiger partial charge in [0.2, 0.25) is 0 Å². The maximum atomic E-state index is 12.3. The second-order valence-corrected chi connectivity index (χ2v) is 4.79. The predicted molar refractivity (Wildman–Crippen MR) is 74.4 cm³/mol. The third-order valence-electron chi connectivity index (χ3n) is 3.60. The molecule has 0 fully saturated rings. The molecule has 0 aliphatic carbocycles. The summed E-state index contributed by atoms with van der Waals surface area (Å²) in [5, 5.41) is 0. The molecule has 0 saturated carbocycles. The van der Waals surface area contributed by atoms with Crippen LogP contribution in [0.5, 0.6) is 0 Å². The van der Waals surface area contributed by atoms with E-state index in [1.807, 2.05) is 53.4 Å². The maximum absolute atomic E-state index is 12.3. The van der Waals surface area contributed by atoms with E-state index >= 15 is 0 Å². The van der Waals surface area contributed by atoms with E-state index in [1.165, 1.54) is 0 Å². The van der Waals surface area contributed by atoms with Crippen molar-refractivity contribution >= 4 is 5.91 Å². The van der Waals surface area contributed by atoms with Crippen LogP contribution >= 0.6 is 0 Å². The first kappa shape index (κ1) is 11.9. The summed E-state index contributed by atoms with van der Waals surface area (Å²) in [6.45, 7) is 1.82. The number of carbonyl (C=O) groups excluding carboxylic acids is 1. The highest BCUT2D eigenvalue weighted by Crippen LogP contribution is 2.24. The van der Waals surface area contributed by atoms with Gasteiger partial charge >= 0.3 is 0 Å². The minimum atomic E-state index is 0.113. The van der Waals surface area contributed by atoms with Gasteiger partial charge in [-0.1, -0.05) is 42.5 Å². The number of fused-ring (bicyclic) bond motifs is 1. The Kier molecular flexibility index (Phi) is 3.05. The minimum absolute atomic E-state index is 0.113. The zero-order chi connectivity index (χ0) is 13.2. The van der Waals surface area contributed by atoms with Gasteiger partial charge in [0.25, 0.3) is 5.91 Å². The number of nitrogens with two attached hydrogens (primary N) is 1. The topological polar surface area (TPSA) is 46.3 Å². The van der Waals surface area contributed by atoms with Crippen molar-refractivity contribution in [1.29, 1.82) is 0 Å². The molecular weight excluding hydrogens is 236 g/mol. The van der Waals surface area contributed by atoms with Gasteiger partial charge < -0.3 is 10.6 Å². The lowest BCUT2D eigenvalue weighted by molar-refractivity contribution is 0.0766. The molecule has 3 rings (SSSR count). The third-order valence-corrected chi connectivity index (χ3v) is 3.60. The SMILES string of the molecule is NCc1ccccc1CN1Cc2ccccc2C1=O. The van der Waals surface area contributed by atoms with E-state index in [0.29, 0.717) is 19.6 Å². The molecule has 19 heavy (non-hydrogen) atoms. The number of rotatable bonds is 3. The van der Waals surface area contributed by atoms with Crippen molar-refractivity contribution in [3.63, 3.8) is 0 Å². The van der Waals surface area contributed by atoms with E-state index < -0.39 is 0 Å².